The minimum Gasteiger partial charge on any atom is -0.325 e. The third kappa shape index (κ3) is 3.57. The summed E-state index contributed by atoms with van der Waals surface area (Å²) in [6.07, 6.45) is 4.59. The predicted molar refractivity (Wildman–Crippen MR) is 82.2 cm³/mol. The first-order chi connectivity index (χ1) is 8.89. The number of halogens is 1. The lowest BCUT2D eigenvalue weighted by Crippen LogP contribution is -2.40. The van der Waals surface area contributed by atoms with Gasteiger partial charge in [-0.2, -0.15) is 0 Å². The van der Waals surface area contributed by atoms with Crippen LogP contribution in [0.2, 0.25) is 0 Å². The molecule has 3 nitrogen and oxygen atoms in total. The molecule has 3 N–H and O–H groups in total. The molecule has 0 bridgehead atoms. The molecule has 0 aromatic heterocycles. The van der Waals surface area contributed by atoms with Crippen LogP contribution in [-0.4, -0.2) is 11.4 Å². The Balaban J connectivity index is 2.07. The van der Waals surface area contributed by atoms with E-state index in [1.165, 1.54) is 5.56 Å². The minimum atomic E-state index is -0.296. The van der Waals surface area contributed by atoms with Crippen molar-refractivity contribution in [2.24, 2.45) is 5.73 Å². The second-order valence-electron chi connectivity index (χ2n) is 5.73. The average molecular weight is 325 g/mol. The van der Waals surface area contributed by atoms with Crippen LogP contribution in [0.4, 0.5) is 5.69 Å². The van der Waals surface area contributed by atoms with Gasteiger partial charge >= 0.3 is 0 Å². The first-order valence-corrected chi connectivity index (χ1v) is 7.54. The second-order valence-corrected chi connectivity index (χ2v) is 6.59. The number of anilines is 1. The quantitative estimate of drug-likeness (QED) is 0.891. The molecular formula is C15H21BrN2O. The Kier molecular flexibility index (Phi) is 4.31. The van der Waals surface area contributed by atoms with Crippen LogP contribution in [-0.2, 0) is 4.79 Å². The largest absolute Gasteiger partial charge is 0.325 e. The molecule has 1 aromatic rings. The van der Waals surface area contributed by atoms with Crippen molar-refractivity contribution in [3.8, 4) is 0 Å². The highest BCUT2D eigenvalue weighted by molar-refractivity contribution is 9.10. The van der Waals surface area contributed by atoms with Gasteiger partial charge in [-0.15, -0.1) is 0 Å². The smallest absolute Gasteiger partial charge is 0.226 e. The Labute approximate surface area is 123 Å². The molecule has 0 spiro atoms. The molecule has 0 aliphatic heterocycles. The highest BCUT2D eigenvalue weighted by Crippen LogP contribution is 2.32. The van der Waals surface area contributed by atoms with Crippen molar-refractivity contribution in [1.82, 2.24) is 0 Å². The lowest BCUT2D eigenvalue weighted by atomic mass is 9.94. The van der Waals surface area contributed by atoms with Gasteiger partial charge in [0.05, 0.1) is 5.69 Å². The summed E-state index contributed by atoms with van der Waals surface area (Å²) in [4.78, 5) is 12.2. The maximum absolute atomic E-state index is 12.2. The Bertz CT molecular complexity index is 470. The topological polar surface area (TPSA) is 55.1 Å². The summed E-state index contributed by atoms with van der Waals surface area (Å²) in [6, 6.07) is 4.07. The molecule has 4 heteroatoms. The molecule has 0 atom stereocenters. The molecule has 1 aromatic carbocycles. The number of carbonyl (C=O) groups is 1. The molecule has 0 radical (unpaired) electrons. The molecule has 0 unspecified atom stereocenters. The van der Waals surface area contributed by atoms with E-state index in [1.54, 1.807) is 0 Å². The van der Waals surface area contributed by atoms with Crippen LogP contribution in [0, 0.1) is 13.8 Å². The molecule has 0 saturated heterocycles. The van der Waals surface area contributed by atoms with Crippen LogP contribution in [0.3, 0.4) is 0 Å². The van der Waals surface area contributed by atoms with E-state index in [-0.39, 0.29) is 11.4 Å². The fraction of sp³-hybridized carbons (Fsp3) is 0.533. The van der Waals surface area contributed by atoms with Crippen LogP contribution in [0.5, 0.6) is 0 Å². The maximum Gasteiger partial charge on any atom is 0.226 e. The van der Waals surface area contributed by atoms with Crippen LogP contribution in [0.15, 0.2) is 16.6 Å². The van der Waals surface area contributed by atoms with Gasteiger partial charge in [0.1, 0.15) is 0 Å². The van der Waals surface area contributed by atoms with Gasteiger partial charge in [-0.25, -0.2) is 0 Å². The highest BCUT2D eigenvalue weighted by atomic mass is 79.9. The van der Waals surface area contributed by atoms with Crippen molar-refractivity contribution in [2.45, 2.75) is 51.5 Å². The summed E-state index contributed by atoms with van der Waals surface area (Å²) in [5, 5.41) is 2.99. The normalized spacial score (nSPS) is 17.5. The summed E-state index contributed by atoms with van der Waals surface area (Å²) in [5.74, 6) is 0.0112. The lowest BCUT2D eigenvalue weighted by molar-refractivity contribution is -0.117. The second kappa shape index (κ2) is 5.63. The first-order valence-electron chi connectivity index (χ1n) is 6.75. The van der Waals surface area contributed by atoms with E-state index >= 15 is 0 Å². The van der Waals surface area contributed by atoms with E-state index in [4.69, 9.17) is 5.73 Å². The summed E-state index contributed by atoms with van der Waals surface area (Å²) < 4.78 is 0.927. The Morgan fingerprint density at radius 2 is 2.00 bits per heavy atom. The Morgan fingerprint density at radius 3 is 2.58 bits per heavy atom. The average Bonchev–Trinajstić information content (AvgIpc) is 2.70. The maximum atomic E-state index is 12.2. The molecule has 104 valence electrons. The number of benzene rings is 1. The molecule has 1 aliphatic carbocycles. The van der Waals surface area contributed by atoms with Crippen molar-refractivity contribution >= 4 is 27.5 Å². The van der Waals surface area contributed by atoms with E-state index in [0.717, 1.165) is 41.4 Å². The third-order valence-corrected chi connectivity index (χ3v) is 4.43. The number of hydrogen-bond donors (Lipinski definition) is 2. The number of hydrogen-bond acceptors (Lipinski definition) is 2. The van der Waals surface area contributed by atoms with Crippen LogP contribution in [0.1, 0.15) is 43.2 Å². The van der Waals surface area contributed by atoms with Gasteiger partial charge in [0, 0.05) is 16.4 Å². The van der Waals surface area contributed by atoms with E-state index in [9.17, 15) is 4.79 Å². The predicted octanol–water partition coefficient (Wildman–Crippen LogP) is 3.67. The van der Waals surface area contributed by atoms with Gasteiger partial charge in [-0.1, -0.05) is 18.9 Å². The van der Waals surface area contributed by atoms with Crippen LogP contribution in [0.25, 0.3) is 0 Å². The Hall–Kier alpha value is -0.870. The first kappa shape index (κ1) is 14.5. The Morgan fingerprint density at radius 1 is 1.37 bits per heavy atom. The molecule has 1 fully saturated rings. The third-order valence-electron chi connectivity index (χ3n) is 3.81. The molecule has 0 heterocycles. The SMILES string of the molecule is Cc1cc(C)c(NC(=O)CC2(N)CCCC2)c(Br)c1. The zero-order chi connectivity index (χ0) is 14.0. The fourth-order valence-electron chi connectivity index (χ4n) is 2.83. The van der Waals surface area contributed by atoms with Crippen molar-refractivity contribution in [2.75, 3.05) is 5.32 Å². The highest BCUT2D eigenvalue weighted by Gasteiger charge is 2.31. The van der Waals surface area contributed by atoms with Crippen molar-refractivity contribution in [3.63, 3.8) is 0 Å². The summed E-state index contributed by atoms with van der Waals surface area (Å²) in [6.45, 7) is 4.04. The number of nitrogens with two attached hydrogens (primary N) is 1. The van der Waals surface area contributed by atoms with E-state index in [2.05, 4.69) is 27.3 Å². The molecule has 1 amide bonds. The standard InChI is InChI=1S/C15H21BrN2O/c1-10-7-11(2)14(12(16)8-10)18-13(19)9-15(17)5-3-4-6-15/h7-8H,3-6,9,17H2,1-2H3,(H,18,19). The molecule has 2 rings (SSSR count). The van der Waals surface area contributed by atoms with Gasteiger partial charge in [-0.3, -0.25) is 4.79 Å². The molecule has 1 aliphatic rings. The fourth-order valence-corrected chi connectivity index (χ4v) is 3.61. The van der Waals surface area contributed by atoms with Crippen molar-refractivity contribution in [3.05, 3.63) is 27.7 Å². The van der Waals surface area contributed by atoms with Crippen molar-refractivity contribution in [1.29, 1.82) is 0 Å². The number of aryl methyl sites for hydroxylation is 2. The van der Waals surface area contributed by atoms with Gasteiger partial charge in [-0.05, 0) is 59.8 Å². The summed E-state index contributed by atoms with van der Waals surface area (Å²) in [5.41, 5.74) is 9.05. The van der Waals surface area contributed by atoms with Crippen LogP contribution >= 0.6 is 15.9 Å². The van der Waals surface area contributed by atoms with Gasteiger partial charge in [0.2, 0.25) is 5.91 Å². The lowest BCUT2D eigenvalue weighted by Gasteiger charge is -2.23. The van der Waals surface area contributed by atoms with Crippen LogP contribution < -0.4 is 11.1 Å². The zero-order valence-electron chi connectivity index (χ0n) is 11.6. The van der Waals surface area contributed by atoms with E-state index in [0.29, 0.717) is 6.42 Å². The summed E-state index contributed by atoms with van der Waals surface area (Å²) in [7, 11) is 0. The van der Waals surface area contributed by atoms with Gasteiger partial charge in [0.25, 0.3) is 0 Å². The summed E-state index contributed by atoms with van der Waals surface area (Å²) >= 11 is 3.51. The number of carbonyl (C=O) groups excluding carboxylic acids is 1. The minimum absolute atomic E-state index is 0.0112. The molecule has 1 saturated carbocycles. The molecule has 19 heavy (non-hydrogen) atoms. The van der Waals surface area contributed by atoms with E-state index < -0.39 is 0 Å². The number of amides is 1. The van der Waals surface area contributed by atoms with Crippen molar-refractivity contribution < 1.29 is 4.79 Å². The molecular weight excluding hydrogens is 304 g/mol. The van der Waals surface area contributed by atoms with E-state index in [1.807, 2.05) is 19.9 Å². The number of rotatable bonds is 3. The monoisotopic (exact) mass is 324 g/mol. The number of nitrogens with one attached hydrogen (secondary N) is 1. The van der Waals surface area contributed by atoms with Gasteiger partial charge in [0.15, 0.2) is 0 Å². The zero-order valence-corrected chi connectivity index (χ0v) is 13.1. The van der Waals surface area contributed by atoms with Gasteiger partial charge < -0.3 is 11.1 Å².